The summed E-state index contributed by atoms with van der Waals surface area (Å²) in [6.07, 6.45) is 11.4. The zero-order valence-corrected chi connectivity index (χ0v) is 13.6. The van der Waals surface area contributed by atoms with Gasteiger partial charge in [-0.05, 0) is 67.8 Å². The summed E-state index contributed by atoms with van der Waals surface area (Å²) in [4.78, 5) is 1.60. The van der Waals surface area contributed by atoms with Gasteiger partial charge < -0.3 is 5.32 Å². The van der Waals surface area contributed by atoms with Crippen molar-refractivity contribution in [2.75, 3.05) is 6.54 Å². The number of hydrogen-bond acceptors (Lipinski definition) is 2. The average molecular weight is 292 g/mol. The maximum atomic E-state index is 3.79. The van der Waals surface area contributed by atoms with Crippen LogP contribution in [0.15, 0.2) is 17.5 Å². The first kappa shape index (κ1) is 14.6. The van der Waals surface area contributed by atoms with Crippen LogP contribution in [0.1, 0.15) is 56.7 Å². The summed E-state index contributed by atoms with van der Waals surface area (Å²) >= 11 is 1.95. The van der Waals surface area contributed by atoms with Gasteiger partial charge in [-0.15, -0.1) is 11.3 Å². The first-order chi connectivity index (χ1) is 9.85. The van der Waals surface area contributed by atoms with Crippen LogP contribution in [0.5, 0.6) is 0 Å². The summed E-state index contributed by atoms with van der Waals surface area (Å²) < 4.78 is 0. The summed E-state index contributed by atoms with van der Waals surface area (Å²) in [5, 5.41) is 6.02. The molecule has 2 heteroatoms. The second-order valence-electron chi connectivity index (χ2n) is 6.95. The molecule has 0 aromatic carbocycles. The summed E-state index contributed by atoms with van der Waals surface area (Å²) in [7, 11) is 0. The van der Waals surface area contributed by atoms with Crippen molar-refractivity contribution < 1.29 is 0 Å². The Bertz CT molecular complexity index is 382. The minimum Gasteiger partial charge on any atom is -0.314 e. The van der Waals surface area contributed by atoms with Gasteiger partial charge in [0.2, 0.25) is 0 Å². The van der Waals surface area contributed by atoms with Crippen LogP contribution in [-0.4, -0.2) is 12.6 Å². The van der Waals surface area contributed by atoms with Gasteiger partial charge in [0.1, 0.15) is 0 Å². The lowest BCUT2D eigenvalue weighted by atomic mass is 9.71. The van der Waals surface area contributed by atoms with Crippen molar-refractivity contribution in [1.82, 2.24) is 5.32 Å². The zero-order valence-electron chi connectivity index (χ0n) is 12.8. The van der Waals surface area contributed by atoms with Gasteiger partial charge >= 0.3 is 0 Å². The molecule has 3 rings (SSSR count). The molecule has 0 aliphatic heterocycles. The minimum absolute atomic E-state index is 0.866. The highest BCUT2D eigenvalue weighted by Gasteiger charge is 2.31. The van der Waals surface area contributed by atoms with E-state index in [2.05, 4.69) is 29.8 Å². The third-order valence-electron chi connectivity index (χ3n) is 5.23. The molecule has 0 saturated heterocycles. The fourth-order valence-electron chi connectivity index (χ4n) is 3.91. The molecule has 3 unspecified atom stereocenters. The van der Waals surface area contributed by atoms with Crippen molar-refractivity contribution in [2.24, 2.45) is 17.8 Å². The molecule has 0 radical (unpaired) electrons. The average Bonchev–Trinajstić information content (AvgIpc) is 3.14. The highest BCUT2D eigenvalue weighted by molar-refractivity contribution is 7.09. The van der Waals surface area contributed by atoms with Gasteiger partial charge in [-0.2, -0.15) is 0 Å². The lowest BCUT2D eigenvalue weighted by Gasteiger charge is -2.36. The molecule has 1 nitrogen and oxygen atoms in total. The Kier molecular flexibility index (Phi) is 5.17. The van der Waals surface area contributed by atoms with Crippen LogP contribution in [0.25, 0.3) is 0 Å². The number of rotatable bonds is 7. The molecule has 2 aliphatic rings. The summed E-state index contributed by atoms with van der Waals surface area (Å²) in [6, 6.07) is 5.41. The highest BCUT2D eigenvalue weighted by atomic mass is 32.1. The zero-order chi connectivity index (χ0) is 13.8. The lowest BCUT2D eigenvalue weighted by Crippen LogP contribution is -2.35. The first-order valence-electron chi connectivity index (χ1n) is 8.61. The van der Waals surface area contributed by atoms with E-state index in [-0.39, 0.29) is 0 Å². The second kappa shape index (κ2) is 7.09. The predicted octanol–water partition coefficient (Wildman–Crippen LogP) is 4.88. The summed E-state index contributed by atoms with van der Waals surface area (Å²) in [5.74, 6) is 2.85. The van der Waals surface area contributed by atoms with Crippen molar-refractivity contribution in [1.29, 1.82) is 0 Å². The molecule has 112 valence electrons. The maximum absolute atomic E-state index is 3.79. The molecular formula is C18H29NS. The van der Waals surface area contributed by atoms with Gasteiger partial charge in [0.15, 0.2) is 0 Å². The van der Waals surface area contributed by atoms with Crippen molar-refractivity contribution >= 4 is 11.3 Å². The Morgan fingerprint density at radius 2 is 2.10 bits per heavy atom. The Hall–Kier alpha value is -0.340. The molecular weight excluding hydrogens is 262 g/mol. The molecule has 1 heterocycles. The van der Waals surface area contributed by atoms with E-state index >= 15 is 0 Å². The van der Waals surface area contributed by atoms with Crippen LogP contribution < -0.4 is 5.32 Å². The fourth-order valence-corrected chi connectivity index (χ4v) is 4.71. The monoisotopic (exact) mass is 291 g/mol. The predicted molar refractivity (Wildman–Crippen MR) is 88.3 cm³/mol. The van der Waals surface area contributed by atoms with Gasteiger partial charge in [-0.1, -0.05) is 32.3 Å². The largest absolute Gasteiger partial charge is 0.314 e. The molecule has 1 aromatic rings. The smallest absolute Gasteiger partial charge is 0.00683 e. The van der Waals surface area contributed by atoms with Crippen molar-refractivity contribution in [3.63, 3.8) is 0 Å². The lowest BCUT2D eigenvalue weighted by molar-refractivity contribution is 0.168. The second-order valence-corrected chi connectivity index (χ2v) is 7.99. The van der Waals surface area contributed by atoms with E-state index in [9.17, 15) is 0 Å². The molecule has 20 heavy (non-hydrogen) atoms. The first-order valence-corrected chi connectivity index (χ1v) is 9.49. The maximum Gasteiger partial charge on any atom is 0.00683 e. The summed E-state index contributed by atoms with van der Waals surface area (Å²) in [6.45, 7) is 3.62. The van der Waals surface area contributed by atoms with Gasteiger partial charge in [0.05, 0.1) is 0 Å². The molecule has 1 aromatic heterocycles. The number of nitrogens with one attached hydrogen (secondary N) is 1. The third kappa shape index (κ3) is 4.08. The normalized spacial score (nSPS) is 30.6. The molecule has 0 amide bonds. The van der Waals surface area contributed by atoms with E-state index in [1.807, 2.05) is 11.3 Å². The van der Waals surface area contributed by atoms with E-state index in [1.54, 1.807) is 4.88 Å². The molecule has 0 spiro atoms. The van der Waals surface area contributed by atoms with Crippen molar-refractivity contribution in [2.45, 2.75) is 64.3 Å². The molecule has 1 N–H and O–H groups in total. The van der Waals surface area contributed by atoms with E-state index in [0.29, 0.717) is 0 Å². The SMILES string of the molecule is CCCC1CCC(CNC2CC2)C(Cc2cccs2)C1. The molecule has 2 fully saturated rings. The van der Waals surface area contributed by atoms with Crippen LogP contribution in [-0.2, 0) is 6.42 Å². The van der Waals surface area contributed by atoms with Gasteiger partial charge in [-0.25, -0.2) is 0 Å². The van der Waals surface area contributed by atoms with Gasteiger partial charge in [0.25, 0.3) is 0 Å². The van der Waals surface area contributed by atoms with Crippen LogP contribution in [0.4, 0.5) is 0 Å². The van der Waals surface area contributed by atoms with Crippen LogP contribution in [0.2, 0.25) is 0 Å². The number of hydrogen-bond donors (Lipinski definition) is 1. The Morgan fingerprint density at radius 1 is 1.20 bits per heavy atom. The minimum atomic E-state index is 0.866. The third-order valence-corrected chi connectivity index (χ3v) is 6.13. The molecule has 0 bridgehead atoms. The van der Waals surface area contributed by atoms with Crippen molar-refractivity contribution in [3.8, 4) is 0 Å². The Labute approximate surface area is 128 Å². The Balaban J connectivity index is 1.57. The quantitative estimate of drug-likeness (QED) is 0.755. The van der Waals surface area contributed by atoms with Crippen LogP contribution >= 0.6 is 11.3 Å². The highest BCUT2D eigenvalue weighted by Crippen LogP contribution is 2.38. The van der Waals surface area contributed by atoms with Gasteiger partial charge in [-0.3, -0.25) is 0 Å². The van der Waals surface area contributed by atoms with Gasteiger partial charge in [0, 0.05) is 10.9 Å². The fraction of sp³-hybridized carbons (Fsp3) is 0.778. The summed E-state index contributed by atoms with van der Waals surface area (Å²) in [5.41, 5.74) is 0. The van der Waals surface area contributed by atoms with Crippen LogP contribution in [0.3, 0.4) is 0 Å². The van der Waals surface area contributed by atoms with E-state index < -0.39 is 0 Å². The van der Waals surface area contributed by atoms with E-state index in [0.717, 1.165) is 23.8 Å². The molecule has 2 saturated carbocycles. The van der Waals surface area contributed by atoms with Crippen LogP contribution in [0, 0.1) is 17.8 Å². The molecule has 3 atom stereocenters. The van der Waals surface area contributed by atoms with Crippen molar-refractivity contribution in [3.05, 3.63) is 22.4 Å². The standard InChI is InChI=1S/C18H29NS/c1-2-4-14-6-7-15(13-19-17-8-9-17)16(11-14)12-18-5-3-10-20-18/h3,5,10,14-17,19H,2,4,6-9,11-13H2,1H3. The number of thiophene rings is 1. The molecule has 2 aliphatic carbocycles. The topological polar surface area (TPSA) is 12.0 Å². The Morgan fingerprint density at radius 3 is 2.80 bits per heavy atom. The van der Waals surface area contributed by atoms with E-state index in [1.165, 1.54) is 57.9 Å². The van der Waals surface area contributed by atoms with E-state index in [4.69, 9.17) is 0 Å².